The number of aromatic nitrogens is 3. The molecular weight excluding hydrogens is 240 g/mol. The van der Waals surface area contributed by atoms with Crippen molar-refractivity contribution in [2.24, 2.45) is 7.05 Å². The zero-order valence-corrected chi connectivity index (χ0v) is 11.1. The summed E-state index contributed by atoms with van der Waals surface area (Å²) in [6.45, 7) is 4.30. The van der Waals surface area contributed by atoms with E-state index in [1.807, 2.05) is 23.5 Å². The molecule has 2 aromatic heterocycles. The van der Waals surface area contributed by atoms with Gasteiger partial charge in [-0.2, -0.15) is 16.9 Å². The van der Waals surface area contributed by atoms with Crippen molar-refractivity contribution in [2.75, 3.05) is 29.5 Å². The number of rotatable bonds is 1. The van der Waals surface area contributed by atoms with E-state index < -0.39 is 0 Å². The summed E-state index contributed by atoms with van der Waals surface area (Å²) < 4.78 is 3.11. The van der Waals surface area contributed by atoms with Gasteiger partial charge in [-0.3, -0.25) is 0 Å². The van der Waals surface area contributed by atoms with Crippen LogP contribution < -0.4 is 4.90 Å². The summed E-state index contributed by atoms with van der Waals surface area (Å²) in [5.41, 5.74) is 2.11. The number of hydrogen-bond donors (Lipinski definition) is 0. The Morgan fingerprint density at radius 2 is 2.00 bits per heavy atom. The molecule has 1 aliphatic heterocycles. The molecule has 4 nitrogen and oxygen atoms in total. The van der Waals surface area contributed by atoms with E-state index >= 15 is 0 Å². The lowest BCUT2D eigenvalue weighted by Gasteiger charge is -2.25. The molecule has 0 aromatic carbocycles. The van der Waals surface area contributed by atoms with Crippen molar-refractivity contribution in [1.29, 1.82) is 0 Å². The summed E-state index contributed by atoms with van der Waals surface area (Å²) in [5, 5.41) is 5.54. The maximum absolute atomic E-state index is 4.69. The maximum Gasteiger partial charge on any atom is 0.188 e. The van der Waals surface area contributed by atoms with E-state index in [0.29, 0.717) is 0 Å². The predicted molar refractivity (Wildman–Crippen MR) is 70.7 cm³/mol. The molecule has 2 aromatic rings. The van der Waals surface area contributed by atoms with Gasteiger partial charge in [-0.15, -0.1) is 0 Å². The fourth-order valence-electron chi connectivity index (χ4n) is 1.96. The quantitative estimate of drug-likeness (QED) is 0.778. The van der Waals surface area contributed by atoms with Gasteiger partial charge in [0.1, 0.15) is 0 Å². The van der Waals surface area contributed by atoms with Crippen molar-refractivity contribution in [1.82, 2.24) is 14.8 Å². The molecule has 3 heterocycles. The smallest absolute Gasteiger partial charge is 0.188 e. The van der Waals surface area contributed by atoms with E-state index in [1.54, 1.807) is 11.3 Å². The molecule has 0 saturated carbocycles. The van der Waals surface area contributed by atoms with Gasteiger partial charge in [-0.1, -0.05) is 11.3 Å². The highest BCUT2D eigenvalue weighted by Crippen LogP contribution is 2.31. The van der Waals surface area contributed by atoms with Gasteiger partial charge in [0.05, 0.1) is 10.4 Å². The number of thioether (sulfide) groups is 1. The summed E-state index contributed by atoms with van der Waals surface area (Å²) in [7, 11) is 1.96. The summed E-state index contributed by atoms with van der Waals surface area (Å²) in [6.07, 6.45) is 0. The van der Waals surface area contributed by atoms with Crippen LogP contribution in [0.3, 0.4) is 0 Å². The highest BCUT2D eigenvalue weighted by molar-refractivity contribution is 7.99. The molecule has 6 heteroatoms. The van der Waals surface area contributed by atoms with E-state index in [4.69, 9.17) is 4.98 Å². The Morgan fingerprint density at radius 1 is 1.25 bits per heavy atom. The molecule has 1 saturated heterocycles. The number of hydrogen-bond acceptors (Lipinski definition) is 5. The van der Waals surface area contributed by atoms with Crippen molar-refractivity contribution >= 4 is 38.6 Å². The predicted octanol–water partition coefficient (Wildman–Crippen LogP) is 1.89. The molecule has 3 rings (SSSR count). The number of fused-ring (bicyclic) bond motifs is 1. The Hall–Kier alpha value is -0.750. The standard InChI is InChI=1S/C10H14N4S2/c1-7-8-9(13(2)12-7)11-10(16-8)14-3-5-15-6-4-14/h3-6H2,1-2H3. The first-order valence-corrected chi connectivity index (χ1v) is 7.35. The molecule has 0 aliphatic carbocycles. The van der Waals surface area contributed by atoms with Gasteiger partial charge < -0.3 is 4.90 Å². The number of nitrogens with zero attached hydrogens (tertiary/aromatic N) is 4. The second kappa shape index (κ2) is 3.92. The van der Waals surface area contributed by atoms with Crippen molar-refractivity contribution in [2.45, 2.75) is 6.92 Å². The van der Waals surface area contributed by atoms with Gasteiger partial charge >= 0.3 is 0 Å². The van der Waals surface area contributed by atoms with E-state index in [2.05, 4.69) is 16.9 Å². The SMILES string of the molecule is Cc1nn(C)c2nc(N3CCSCC3)sc12. The van der Waals surface area contributed by atoms with Crippen LogP contribution in [0.2, 0.25) is 0 Å². The van der Waals surface area contributed by atoms with Gasteiger partial charge in [0, 0.05) is 31.6 Å². The second-order valence-electron chi connectivity index (χ2n) is 3.96. The molecule has 16 heavy (non-hydrogen) atoms. The highest BCUT2D eigenvalue weighted by atomic mass is 32.2. The third-order valence-corrected chi connectivity index (χ3v) is 4.97. The zero-order chi connectivity index (χ0) is 11.1. The van der Waals surface area contributed by atoms with Crippen molar-refractivity contribution < 1.29 is 0 Å². The van der Waals surface area contributed by atoms with E-state index in [1.165, 1.54) is 16.2 Å². The first-order chi connectivity index (χ1) is 7.75. The molecule has 0 N–H and O–H groups in total. The third-order valence-electron chi connectivity index (χ3n) is 2.81. The highest BCUT2D eigenvalue weighted by Gasteiger charge is 2.18. The maximum atomic E-state index is 4.69. The monoisotopic (exact) mass is 254 g/mol. The molecular formula is C10H14N4S2. The minimum atomic E-state index is 1.02. The Bertz CT molecular complexity index is 476. The molecule has 0 amide bonds. The lowest BCUT2D eigenvalue weighted by atomic mass is 10.5. The van der Waals surface area contributed by atoms with Gasteiger partial charge in [0.25, 0.3) is 0 Å². The molecule has 1 aliphatic rings. The average molecular weight is 254 g/mol. The second-order valence-corrected chi connectivity index (χ2v) is 6.16. The fraction of sp³-hybridized carbons (Fsp3) is 0.600. The van der Waals surface area contributed by atoms with Crippen LogP contribution >= 0.6 is 23.1 Å². The Kier molecular flexibility index (Phi) is 2.55. The fourth-order valence-corrected chi connectivity index (χ4v) is 3.95. The summed E-state index contributed by atoms with van der Waals surface area (Å²) in [5.74, 6) is 2.43. The molecule has 0 bridgehead atoms. The normalized spacial score (nSPS) is 17.2. The number of anilines is 1. The van der Waals surface area contributed by atoms with Gasteiger partial charge in [-0.05, 0) is 6.92 Å². The summed E-state index contributed by atoms with van der Waals surface area (Å²) in [4.78, 5) is 7.08. The lowest BCUT2D eigenvalue weighted by molar-refractivity contribution is 0.771. The molecule has 1 fully saturated rings. The molecule has 86 valence electrons. The molecule has 0 spiro atoms. The van der Waals surface area contributed by atoms with Crippen LogP contribution in [-0.2, 0) is 7.05 Å². The number of aryl methyl sites for hydroxylation is 2. The van der Waals surface area contributed by atoms with Crippen LogP contribution in [0.25, 0.3) is 10.3 Å². The topological polar surface area (TPSA) is 34.0 Å². The summed E-state index contributed by atoms with van der Waals surface area (Å²) >= 11 is 3.80. The van der Waals surface area contributed by atoms with Gasteiger partial charge in [0.2, 0.25) is 0 Å². The van der Waals surface area contributed by atoms with Gasteiger partial charge in [0.15, 0.2) is 10.8 Å². The van der Waals surface area contributed by atoms with Crippen LogP contribution in [0.5, 0.6) is 0 Å². The Labute approximate surface area is 103 Å². The Morgan fingerprint density at radius 3 is 2.69 bits per heavy atom. The third kappa shape index (κ3) is 1.60. The van der Waals surface area contributed by atoms with Crippen LogP contribution in [-0.4, -0.2) is 39.4 Å². The molecule has 0 atom stereocenters. The van der Waals surface area contributed by atoms with Crippen molar-refractivity contribution in [3.05, 3.63) is 5.69 Å². The van der Waals surface area contributed by atoms with Crippen molar-refractivity contribution in [3.8, 4) is 0 Å². The van der Waals surface area contributed by atoms with Crippen LogP contribution in [0.15, 0.2) is 0 Å². The lowest BCUT2D eigenvalue weighted by Crippen LogP contribution is -2.32. The summed E-state index contributed by atoms with van der Waals surface area (Å²) in [6, 6.07) is 0. The zero-order valence-electron chi connectivity index (χ0n) is 9.43. The minimum Gasteiger partial charge on any atom is -0.346 e. The van der Waals surface area contributed by atoms with Crippen LogP contribution in [0.4, 0.5) is 5.13 Å². The average Bonchev–Trinajstić information content (AvgIpc) is 2.83. The number of thiazole rings is 1. The Balaban J connectivity index is 2.01. The van der Waals surface area contributed by atoms with Gasteiger partial charge in [-0.25, -0.2) is 9.67 Å². The van der Waals surface area contributed by atoms with E-state index in [9.17, 15) is 0 Å². The first-order valence-electron chi connectivity index (χ1n) is 5.38. The van der Waals surface area contributed by atoms with Crippen LogP contribution in [0, 0.1) is 6.92 Å². The molecule has 0 unspecified atom stereocenters. The molecule has 0 radical (unpaired) electrons. The largest absolute Gasteiger partial charge is 0.346 e. The minimum absolute atomic E-state index is 1.02. The van der Waals surface area contributed by atoms with Crippen molar-refractivity contribution in [3.63, 3.8) is 0 Å². The first kappa shape index (κ1) is 10.4. The van der Waals surface area contributed by atoms with E-state index in [-0.39, 0.29) is 0 Å². The van der Waals surface area contributed by atoms with Crippen LogP contribution in [0.1, 0.15) is 5.69 Å². The van der Waals surface area contributed by atoms with E-state index in [0.717, 1.165) is 29.6 Å².